The Labute approximate surface area is 119 Å². The second kappa shape index (κ2) is 6.03. The Balaban J connectivity index is 2.22. The summed E-state index contributed by atoms with van der Waals surface area (Å²) in [5, 5.41) is 0. The number of esters is 1. The number of nitrogens with zero attached hydrogens (tertiary/aromatic N) is 1. The summed E-state index contributed by atoms with van der Waals surface area (Å²) in [4.78, 5) is 13.8. The number of rotatable bonds is 4. The molecule has 0 spiro atoms. The van der Waals surface area contributed by atoms with Crippen molar-refractivity contribution < 1.29 is 14.3 Å². The molecule has 2 N–H and O–H groups in total. The van der Waals surface area contributed by atoms with Crippen molar-refractivity contribution in [2.45, 2.75) is 39.4 Å². The summed E-state index contributed by atoms with van der Waals surface area (Å²) in [6.45, 7) is 6.58. The molecule has 0 fully saturated rings. The molecule has 0 radical (unpaired) electrons. The van der Waals surface area contributed by atoms with Crippen molar-refractivity contribution in [2.75, 3.05) is 23.7 Å². The van der Waals surface area contributed by atoms with Crippen LogP contribution in [-0.2, 0) is 9.53 Å². The normalized spacial score (nSPS) is 17.6. The zero-order chi connectivity index (χ0) is 14.7. The molecule has 1 aliphatic rings. The number of anilines is 2. The average Bonchev–Trinajstić information content (AvgIpc) is 2.37. The summed E-state index contributed by atoms with van der Waals surface area (Å²) < 4.78 is 11.1. The second-order valence-electron chi connectivity index (χ2n) is 5.26. The van der Waals surface area contributed by atoms with Gasteiger partial charge in [0.1, 0.15) is 24.1 Å². The Morgan fingerprint density at radius 3 is 2.95 bits per heavy atom. The van der Waals surface area contributed by atoms with Crippen LogP contribution in [0.3, 0.4) is 0 Å². The maximum absolute atomic E-state index is 11.9. The number of nitrogens with two attached hydrogens (primary N) is 1. The smallest absolute Gasteiger partial charge is 0.325 e. The van der Waals surface area contributed by atoms with Crippen LogP contribution in [0.15, 0.2) is 18.2 Å². The van der Waals surface area contributed by atoms with Crippen LogP contribution < -0.4 is 15.4 Å². The van der Waals surface area contributed by atoms with Gasteiger partial charge in [-0.25, -0.2) is 0 Å². The Kier molecular flexibility index (Phi) is 4.37. The van der Waals surface area contributed by atoms with E-state index in [0.717, 1.165) is 17.9 Å². The molecule has 0 aromatic heterocycles. The van der Waals surface area contributed by atoms with Crippen LogP contribution in [0, 0.1) is 0 Å². The van der Waals surface area contributed by atoms with Crippen LogP contribution in [0.25, 0.3) is 0 Å². The Morgan fingerprint density at radius 2 is 2.30 bits per heavy atom. The van der Waals surface area contributed by atoms with Gasteiger partial charge in [-0.05, 0) is 32.4 Å². The first-order chi connectivity index (χ1) is 9.51. The lowest BCUT2D eigenvalue weighted by atomic mass is 10.1. The molecule has 2 rings (SSSR count). The molecule has 20 heavy (non-hydrogen) atoms. The van der Waals surface area contributed by atoms with E-state index in [9.17, 15) is 4.79 Å². The highest BCUT2D eigenvalue weighted by atomic mass is 16.5. The van der Waals surface area contributed by atoms with E-state index in [0.29, 0.717) is 12.2 Å². The van der Waals surface area contributed by atoms with Crippen molar-refractivity contribution in [3.63, 3.8) is 0 Å². The van der Waals surface area contributed by atoms with E-state index in [1.807, 2.05) is 36.9 Å². The molecule has 5 nitrogen and oxygen atoms in total. The van der Waals surface area contributed by atoms with E-state index in [1.54, 1.807) is 0 Å². The molecule has 1 aromatic rings. The number of carbonyl (C=O) groups is 1. The molecular weight excluding hydrogens is 256 g/mol. The Hall–Kier alpha value is -1.91. The van der Waals surface area contributed by atoms with Crippen molar-refractivity contribution in [3.05, 3.63) is 18.2 Å². The number of fused-ring (bicyclic) bond motifs is 1. The lowest BCUT2D eigenvalue weighted by molar-refractivity contribution is -0.145. The van der Waals surface area contributed by atoms with Crippen molar-refractivity contribution >= 4 is 17.3 Å². The molecule has 0 bridgehead atoms. The van der Waals surface area contributed by atoms with Crippen molar-refractivity contribution in [1.29, 1.82) is 0 Å². The number of hydrogen-bond acceptors (Lipinski definition) is 5. The van der Waals surface area contributed by atoms with E-state index in [4.69, 9.17) is 15.2 Å². The van der Waals surface area contributed by atoms with Crippen molar-refractivity contribution in [1.82, 2.24) is 0 Å². The van der Waals surface area contributed by atoms with Crippen LogP contribution >= 0.6 is 0 Å². The minimum absolute atomic E-state index is 0.0659. The molecule has 0 amide bonds. The fourth-order valence-electron chi connectivity index (χ4n) is 2.34. The molecule has 0 saturated carbocycles. The van der Waals surface area contributed by atoms with E-state index in [1.165, 1.54) is 0 Å². The lowest BCUT2D eigenvalue weighted by Gasteiger charge is -2.36. The summed E-state index contributed by atoms with van der Waals surface area (Å²) >= 11 is 0. The van der Waals surface area contributed by atoms with Crippen LogP contribution in [0.2, 0.25) is 0 Å². The number of nitrogen functional groups attached to an aromatic ring is 1. The van der Waals surface area contributed by atoms with E-state index in [-0.39, 0.29) is 24.7 Å². The van der Waals surface area contributed by atoms with Crippen LogP contribution in [-0.4, -0.2) is 31.3 Å². The third-order valence-corrected chi connectivity index (χ3v) is 3.21. The van der Waals surface area contributed by atoms with Gasteiger partial charge in [0.15, 0.2) is 0 Å². The van der Waals surface area contributed by atoms with E-state index in [2.05, 4.69) is 6.92 Å². The number of carbonyl (C=O) groups excluding carboxylic acids is 1. The SMILES string of the molecule is CCC1CN(CC(=O)OC(C)C)c2c(N)cccc2O1. The molecule has 110 valence electrons. The van der Waals surface area contributed by atoms with Gasteiger partial charge in [0, 0.05) is 0 Å². The maximum atomic E-state index is 11.9. The summed E-state index contributed by atoms with van der Waals surface area (Å²) in [5.74, 6) is 0.492. The minimum Gasteiger partial charge on any atom is -0.486 e. The second-order valence-corrected chi connectivity index (χ2v) is 5.26. The van der Waals surface area contributed by atoms with Gasteiger partial charge in [-0.3, -0.25) is 4.79 Å². The third-order valence-electron chi connectivity index (χ3n) is 3.21. The molecule has 1 unspecified atom stereocenters. The van der Waals surface area contributed by atoms with Crippen LogP contribution in [0.4, 0.5) is 11.4 Å². The van der Waals surface area contributed by atoms with E-state index < -0.39 is 0 Å². The van der Waals surface area contributed by atoms with Crippen molar-refractivity contribution in [2.24, 2.45) is 0 Å². The fraction of sp³-hybridized carbons (Fsp3) is 0.533. The zero-order valence-electron chi connectivity index (χ0n) is 12.3. The quantitative estimate of drug-likeness (QED) is 0.675. The largest absolute Gasteiger partial charge is 0.486 e. The highest BCUT2D eigenvalue weighted by Gasteiger charge is 2.28. The highest BCUT2D eigenvalue weighted by molar-refractivity contribution is 5.82. The van der Waals surface area contributed by atoms with Gasteiger partial charge in [0.25, 0.3) is 0 Å². The van der Waals surface area contributed by atoms with Gasteiger partial charge in [-0.15, -0.1) is 0 Å². The van der Waals surface area contributed by atoms with Gasteiger partial charge in [0.05, 0.1) is 18.3 Å². The molecule has 5 heteroatoms. The standard InChI is InChI=1S/C15H22N2O3/c1-4-11-8-17(9-14(18)19-10(2)3)15-12(16)6-5-7-13(15)20-11/h5-7,10-11H,4,8-9,16H2,1-3H3. The summed E-state index contributed by atoms with van der Waals surface area (Å²) in [5.41, 5.74) is 7.43. The molecule has 1 heterocycles. The van der Waals surface area contributed by atoms with Gasteiger partial charge in [-0.2, -0.15) is 0 Å². The summed E-state index contributed by atoms with van der Waals surface area (Å²) in [6.07, 6.45) is 0.832. The predicted octanol–water partition coefficient (Wildman–Crippen LogP) is 2.20. The number of ether oxygens (including phenoxy) is 2. The summed E-state index contributed by atoms with van der Waals surface area (Å²) in [6, 6.07) is 5.56. The Morgan fingerprint density at radius 1 is 1.55 bits per heavy atom. The van der Waals surface area contributed by atoms with Gasteiger partial charge in [-0.1, -0.05) is 13.0 Å². The molecule has 0 saturated heterocycles. The molecular formula is C15H22N2O3. The Bertz CT molecular complexity index is 488. The van der Waals surface area contributed by atoms with Crippen molar-refractivity contribution in [3.8, 4) is 5.75 Å². The first kappa shape index (κ1) is 14.5. The molecule has 1 aromatic carbocycles. The van der Waals surface area contributed by atoms with Crippen LogP contribution in [0.1, 0.15) is 27.2 Å². The third kappa shape index (κ3) is 3.15. The average molecular weight is 278 g/mol. The lowest BCUT2D eigenvalue weighted by Crippen LogP contribution is -2.43. The van der Waals surface area contributed by atoms with Crippen LogP contribution in [0.5, 0.6) is 5.75 Å². The minimum atomic E-state index is -0.244. The first-order valence-electron chi connectivity index (χ1n) is 7.00. The molecule has 0 aliphatic carbocycles. The predicted molar refractivity (Wildman–Crippen MR) is 79.0 cm³/mol. The highest BCUT2D eigenvalue weighted by Crippen LogP contribution is 2.38. The van der Waals surface area contributed by atoms with Gasteiger partial charge < -0.3 is 20.1 Å². The van der Waals surface area contributed by atoms with Gasteiger partial charge >= 0.3 is 5.97 Å². The number of hydrogen-bond donors (Lipinski definition) is 1. The number of para-hydroxylation sites is 1. The molecule has 1 atom stereocenters. The fourth-order valence-corrected chi connectivity index (χ4v) is 2.34. The zero-order valence-corrected chi connectivity index (χ0v) is 12.3. The maximum Gasteiger partial charge on any atom is 0.325 e. The summed E-state index contributed by atoms with van der Waals surface area (Å²) in [7, 11) is 0. The first-order valence-corrected chi connectivity index (χ1v) is 7.00. The monoisotopic (exact) mass is 278 g/mol. The number of benzene rings is 1. The van der Waals surface area contributed by atoms with Gasteiger partial charge in [0.2, 0.25) is 0 Å². The topological polar surface area (TPSA) is 64.8 Å². The van der Waals surface area contributed by atoms with E-state index >= 15 is 0 Å². The molecule has 1 aliphatic heterocycles.